The third kappa shape index (κ3) is 4.71. The molecular formula is C22H22FNO5S. The average Bonchev–Trinajstić information content (AvgIpc) is 2.97. The van der Waals surface area contributed by atoms with E-state index in [4.69, 9.17) is 9.84 Å². The lowest BCUT2D eigenvalue weighted by Crippen LogP contribution is -2.15. The van der Waals surface area contributed by atoms with Crippen molar-refractivity contribution in [3.8, 4) is 16.9 Å². The van der Waals surface area contributed by atoms with E-state index in [9.17, 15) is 17.6 Å². The number of hydrogen-bond acceptors (Lipinski definition) is 4. The molecule has 0 amide bonds. The largest absolute Gasteiger partial charge is 0.506 e. The third-order valence-electron chi connectivity index (χ3n) is 4.82. The second-order valence-electron chi connectivity index (χ2n) is 7.15. The van der Waals surface area contributed by atoms with Gasteiger partial charge in [0.25, 0.3) is 0 Å². The van der Waals surface area contributed by atoms with Gasteiger partial charge in [0.15, 0.2) is 9.84 Å². The summed E-state index contributed by atoms with van der Waals surface area (Å²) in [7, 11) is -3.32. The predicted molar refractivity (Wildman–Crippen MR) is 111 cm³/mol. The molecule has 0 bridgehead atoms. The molecule has 0 saturated heterocycles. The Hall–Kier alpha value is -3.13. The molecule has 0 fully saturated rings. The number of benzene rings is 2. The van der Waals surface area contributed by atoms with Crippen molar-refractivity contribution in [3.63, 3.8) is 0 Å². The van der Waals surface area contributed by atoms with Crippen molar-refractivity contribution >= 4 is 16.0 Å². The summed E-state index contributed by atoms with van der Waals surface area (Å²) in [5.74, 6) is -0.355. The molecule has 3 aromatic rings. The van der Waals surface area contributed by atoms with Crippen LogP contribution in [0.1, 0.15) is 18.2 Å². The lowest BCUT2D eigenvalue weighted by molar-refractivity contribution is 0.0592. The Bertz CT molecular complexity index is 1170. The molecule has 8 heteroatoms. The van der Waals surface area contributed by atoms with Gasteiger partial charge in [0, 0.05) is 24.1 Å². The minimum atomic E-state index is -3.32. The Morgan fingerprint density at radius 2 is 1.73 bits per heavy atom. The number of ether oxygens (including phenoxy) is 1. The van der Waals surface area contributed by atoms with Gasteiger partial charge >= 0.3 is 6.16 Å². The van der Waals surface area contributed by atoms with Gasteiger partial charge in [-0.3, -0.25) is 0 Å². The molecule has 1 N–H and O–H groups in total. The Morgan fingerprint density at radius 3 is 2.27 bits per heavy atom. The zero-order valence-electron chi connectivity index (χ0n) is 16.8. The number of sulfone groups is 1. The van der Waals surface area contributed by atoms with Crippen molar-refractivity contribution in [2.75, 3.05) is 6.26 Å². The maximum absolute atomic E-state index is 13.4. The lowest BCUT2D eigenvalue weighted by Gasteiger charge is -2.14. The molecule has 0 aliphatic carbocycles. The molecule has 0 radical (unpaired) electrons. The van der Waals surface area contributed by atoms with Crippen LogP contribution in [0.2, 0.25) is 0 Å². The zero-order chi connectivity index (χ0) is 22.1. The first kappa shape index (κ1) is 21.6. The summed E-state index contributed by atoms with van der Waals surface area (Å²) in [6.45, 7) is 3.56. The highest BCUT2D eigenvalue weighted by molar-refractivity contribution is 7.90. The number of nitrogens with zero attached hydrogens (tertiary/aromatic N) is 1. The number of hydrogen-bond donors (Lipinski definition) is 1. The molecule has 1 unspecified atom stereocenters. The highest BCUT2D eigenvalue weighted by Crippen LogP contribution is 2.31. The fourth-order valence-corrected chi connectivity index (χ4v) is 4.03. The fraction of sp³-hybridized carbons (Fsp3) is 0.227. The molecule has 1 heterocycles. The van der Waals surface area contributed by atoms with Crippen LogP contribution >= 0.6 is 0 Å². The molecule has 2 aromatic carbocycles. The van der Waals surface area contributed by atoms with Crippen LogP contribution in [0.4, 0.5) is 9.18 Å². The molecule has 0 aliphatic heterocycles. The monoisotopic (exact) mass is 431 g/mol. The van der Waals surface area contributed by atoms with E-state index in [2.05, 4.69) is 0 Å². The summed E-state index contributed by atoms with van der Waals surface area (Å²) in [6.07, 6.45) is -0.379. The maximum Gasteiger partial charge on any atom is 0.506 e. The number of halogens is 1. The number of rotatable bonds is 6. The average molecular weight is 431 g/mol. The predicted octanol–water partition coefficient (Wildman–Crippen LogP) is 4.62. The van der Waals surface area contributed by atoms with Gasteiger partial charge in [-0.15, -0.1) is 0 Å². The summed E-state index contributed by atoms with van der Waals surface area (Å²) < 4.78 is 43.7. The molecule has 6 nitrogen and oxygen atoms in total. The summed E-state index contributed by atoms with van der Waals surface area (Å²) in [6, 6.07) is 14.4. The van der Waals surface area contributed by atoms with Gasteiger partial charge in [-0.1, -0.05) is 12.1 Å². The van der Waals surface area contributed by atoms with E-state index in [1.54, 1.807) is 31.2 Å². The SMILES string of the molecule is Cc1c(CC(C)OC(=O)O)cc(-c2ccc(S(C)(=O)=O)cc2)n1-c1ccc(F)cc1. The van der Waals surface area contributed by atoms with Crippen molar-refractivity contribution in [2.24, 2.45) is 0 Å². The van der Waals surface area contributed by atoms with Gasteiger partial charge in [0.05, 0.1) is 10.6 Å². The molecule has 0 spiro atoms. The third-order valence-corrected chi connectivity index (χ3v) is 5.95. The number of aromatic nitrogens is 1. The molecular weight excluding hydrogens is 409 g/mol. The fourth-order valence-electron chi connectivity index (χ4n) is 3.40. The van der Waals surface area contributed by atoms with Crippen LogP contribution in [0.15, 0.2) is 59.5 Å². The smallest absolute Gasteiger partial charge is 0.450 e. The first-order chi connectivity index (χ1) is 14.1. The molecule has 0 saturated carbocycles. The first-order valence-electron chi connectivity index (χ1n) is 9.23. The Labute approximate surface area is 174 Å². The molecule has 30 heavy (non-hydrogen) atoms. The molecule has 158 valence electrons. The van der Waals surface area contributed by atoms with Crippen LogP contribution in [0.3, 0.4) is 0 Å². The van der Waals surface area contributed by atoms with Crippen molar-refractivity contribution in [2.45, 2.75) is 31.3 Å². The van der Waals surface area contributed by atoms with Gasteiger partial charge < -0.3 is 14.4 Å². The van der Waals surface area contributed by atoms with Gasteiger partial charge in [-0.25, -0.2) is 17.6 Å². The topological polar surface area (TPSA) is 85.6 Å². The summed E-state index contributed by atoms with van der Waals surface area (Å²) in [5.41, 5.74) is 4.00. The standard InChI is InChI=1S/C22H22FNO5S/c1-14(29-22(25)26)12-17-13-21(16-4-10-20(11-5-16)30(3,27)28)24(15(17)2)19-8-6-18(23)7-9-19/h4-11,13-14H,12H2,1-3H3,(H,25,26). The van der Waals surface area contributed by atoms with Crippen molar-refractivity contribution in [1.82, 2.24) is 4.57 Å². The van der Waals surface area contributed by atoms with Gasteiger partial charge in [0.1, 0.15) is 11.9 Å². The molecule has 1 atom stereocenters. The second-order valence-corrected chi connectivity index (χ2v) is 9.16. The summed E-state index contributed by atoms with van der Waals surface area (Å²) in [5, 5.41) is 8.85. The van der Waals surface area contributed by atoms with E-state index in [1.807, 2.05) is 17.6 Å². The van der Waals surface area contributed by atoms with Crippen molar-refractivity contribution < 1.29 is 27.4 Å². The van der Waals surface area contributed by atoms with Crippen LogP contribution in [-0.4, -0.2) is 36.6 Å². The van der Waals surface area contributed by atoms with Crippen LogP contribution in [0.25, 0.3) is 16.9 Å². The van der Waals surface area contributed by atoms with Gasteiger partial charge in [0.2, 0.25) is 0 Å². The first-order valence-corrected chi connectivity index (χ1v) is 11.1. The van der Waals surface area contributed by atoms with Crippen molar-refractivity contribution in [1.29, 1.82) is 0 Å². The summed E-state index contributed by atoms with van der Waals surface area (Å²) >= 11 is 0. The van der Waals surface area contributed by atoms with E-state index < -0.39 is 22.1 Å². The highest BCUT2D eigenvalue weighted by atomic mass is 32.2. The van der Waals surface area contributed by atoms with E-state index in [-0.39, 0.29) is 10.7 Å². The minimum Gasteiger partial charge on any atom is -0.450 e. The van der Waals surface area contributed by atoms with Crippen LogP contribution in [-0.2, 0) is 21.0 Å². The quantitative estimate of drug-likeness (QED) is 0.576. The Balaban J connectivity index is 2.11. The molecule has 3 rings (SSSR count). The second kappa shape index (κ2) is 8.31. The van der Waals surface area contributed by atoms with E-state index >= 15 is 0 Å². The Kier molecular flexibility index (Phi) is 5.98. The van der Waals surface area contributed by atoms with Gasteiger partial charge in [-0.2, -0.15) is 0 Å². The van der Waals surface area contributed by atoms with Crippen molar-refractivity contribution in [3.05, 3.63) is 71.7 Å². The van der Waals surface area contributed by atoms with Crippen LogP contribution < -0.4 is 0 Å². The van der Waals surface area contributed by atoms with Gasteiger partial charge in [-0.05, 0) is 67.4 Å². The van der Waals surface area contributed by atoms with Crippen LogP contribution in [0.5, 0.6) is 0 Å². The van der Waals surface area contributed by atoms with E-state index in [0.717, 1.165) is 34.5 Å². The van der Waals surface area contributed by atoms with E-state index in [1.165, 1.54) is 24.3 Å². The van der Waals surface area contributed by atoms with E-state index in [0.29, 0.717) is 6.42 Å². The normalized spacial score (nSPS) is 12.5. The number of carboxylic acid groups (broad SMARTS) is 1. The number of carbonyl (C=O) groups is 1. The minimum absolute atomic E-state index is 0.214. The molecule has 0 aliphatic rings. The highest BCUT2D eigenvalue weighted by Gasteiger charge is 2.19. The zero-order valence-corrected chi connectivity index (χ0v) is 17.6. The summed E-state index contributed by atoms with van der Waals surface area (Å²) in [4.78, 5) is 11.0. The Morgan fingerprint density at radius 1 is 1.13 bits per heavy atom. The maximum atomic E-state index is 13.4. The lowest BCUT2D eigenvalue weighted by atomic mass is 10.1. The van der Waals surface area contributed by atoms with Crippen LogP contribution in [0, 0.1) is 12.7 Å². The molecule has 1 aromatic heterocycles.